The van der Waals surface area contributed by atoms with Crippen molar-refractivity contribution in [2.75, 3.05) is 11.9 Å². The Balaban J connectivity index is 1.92. The summed E-state index contributed by atoms with van der Waals surface area (Å²) in [6.07, 6.45) is 0.0266. The lowest BCUT2D eigenvalue weighted by atomic mass is 10.2. The van der Waals surface area contributed by atoms with Gasteiger partial charge in [0, 0.05) is 14.7 Å². The van der Waals surface area contributed by atoms with Gasteiger partial charge in [-0.2, -0.15) is 0 Å². The molecule has 3 rings (SSSR count). The van der Waals surface area contributed by atoms with Crippen LogP contribution in [0.3, 0.4) is 0 Å². The van der Waals surface area contributed by atoms with Crippen LogP contribution in [0.15, 0.2) is 34.1 Å². The molecule has 1 aromatic carbocycles. The molecule has 17 heavy (non-hydrogen) atoms. The molecule has 0 spiro atoms. The number of rotatable bonds is 1. The van der Waals surface area contributed by atoms with Crippen molar-refractivity contribution in [1.82, 2.24) is 0 Å². The van der Waals surface area contributed by atoms with Gasteiger partial charge in [-0.1, -0.05) is 17.7 Å². The molecule has 1 atom stereocenters. The van der Waals surface area contributed by atoms with E-state index in [1.54, 1.807) is 11.3 Å². The molecule has 0 aliphatic carbocycles. The third kappa shape index (κ3) is 2.17. The minimum Gasteiger partial charge on any atom is -0.479 e. The number of hydrogen-bond acceptors (Lipinski definition) is 3. The quantitative estimate of drug-likeness (QED) is 0.817. The van der Waals surface area contributed by atoms with Crippen LogP contribution in [0, 0.1) is 0 Å². The second kappa shape index (κ2) is 4.52. The molecule has 0 saturated carbocycles. The number of nitrogens with one attached hydrogen (secondary N) is 1. The van der Waals surface area contributed by atoms with Crippen LogP contribution in [0.25, 0.3) is 0 Å². The predicted molar refractivity (Wildman–Crippen MR) is 75.3 cm³/mol. The van der Waals surface area contributed by atoms with E-state index in [0.29, 0.717) is 5.02 Å². The second-order valence-electron chi connectivity index (χ2n) is 3.77. The fraction of sp³-hybridized carbons (Fsp3) is 0.167. The van der Waals surface area contributed by atoms with E-state index < -0.39 is 0 Å². The maximum Gasteiger partial charge on any atom is 0.162 e. The van der Waals surface area contributed by atoms with Crippen LogP contribution < -0.4 is 10.1 Å². The van der Waals surface area contributed by atoms with Crippen LogP contribution in [0.5, 0.6) is 5.75 Å². The summed E-state index contributed by atoms with van der Waals surface area (Å²) >= 11 is 11.3. The number of benzene rings is 1. The molecule has 0 radical (unpaired) electrons. The number of ether oxygens (including phenoxy) is 1. The van der Waals surface area contributed by atoms with Gasteiger partial charge in [-0.25, -0.2) is 0 Å². The van der Waals surface area contributed by atoms with Crippen molar-refractivity contribution < 1.29 is 4.74 Å². The van der Waals surface area contributed by atoms with Gasteiger partial charge in [-0.05, 0) is 34.1 Å². The zero-order chi connectivity index (χ0) is 11.8. The highest BCUT2D eigenvalue weighted by molar-refractivity contribution is 9.10. The second-order valence-corrected chi connectivity index (χ2v) is 6.04. The van der Waals surface area contributed by atoms with Gasteiger partial charge in [0.2, 0.25) is 0 Å². The van der Waals surface area contributed by atoms with Crippen LogP contribution in [-0.4, -0.2) is 6.54 Å². The monoisotopic (exact) mass is 329 g/mol. The van der Waals surface area contributed by atoms with Gasteiger partial charge in [-0.3, -0.25) is 0 Å². The van der Waals surface area contributed by atoms with Crippen LogP contribution in [-0.2, 0) is 0 Å². The lowest BCUT2D eigenvalue weighted by Crippen LogP contribution is -2.22. The average Bonchev–Trinajstić information content (AvgIpc) is 2.76. The Morgan fingerprint density at radius 1 is 1.47 bits per heavy atom. The molecule has 0 fully saturated rings. The SMILES string of the molecule is Clc1cccc2c1OC(c1cc(Br)cs1)CN2. The van der Waals surface area contributed by atoms with Crippen molar-refractivity contribution >= 4 is 44.6 Å². The summed E-state index contributed by atoms with van der Waals surface area (Å²) in [5.74, 6) is 0.745. The number of thiophene rings is 1. The largest absolute Gasteiger partial charge is 0.479 e. The van der Waals surface area contributed by atoms with Gasteiger partial charge in [0.1, 0.15) is 0 Å². The van der Waals surface area contributed by atoms with Crippen molar-refractivity contribution in [2.45, 2.75) is 6.10 Å². The number of hydrogen-bond donors (Lipinski definition) is 1. The molecule has 1 aliphatic heterocycles. The molecule has 0 bridgehead atoms. The Labute approximate surface area is 117 Å². The van der Waals surface area contributed by atoms with Gasteiger partial charge in [0.15, 0.2) is 11.9 Å². The van der Waals surface area contributed by atoms with Gasteiger partial charge >= 0.3 is 0 Å². The van der Waals surface area contributed by atoms with Gasteiger partial charge in [0.05, 0.1) is 17.3 Å². The molecule has 2 heterocycles. The summed E-state index contributed by atoms with van der Waals surface area (Å²) in [5, 5.41) is 6.05. The van der Waals surface area contributed by atoms with Crippen molar-refractivity contribution in [2.24, 2.45) is 0 Å². The summed E-state index contributed by atoms with van der Waals surface area (Å²) < 4.78 is 7.05. The van der Waals surface area contributed by atoms with Crippen molar-refractivity contribution in [3.63, 3.8) is 0 Å². The summed E-state index contributed by atoms with van der Waals surface area (Å²) in [5.41, 5.74) is 0.962. The van der Waals surface area contributed by atoms with Crippen molar-refractivity contribution in [1.29, 1.82) is 0 Å². The maximum absolute atomic E-state index is 6.13. The number of halogens is 2. The first-order valence-corrected chi connectivity index (χ1v) is 7.22. The lowest BCUT2D eigenvalue weighted by Gasteiger charge is -2.27. The molecule has 1 N–H and O–H groups in total. The van der Waals surface area contributed by atoms with Gasteiger partial charge < -0.3 is 10.1 Å². The van der Waals surface area contributed by atoms with Crippen LogP contribution in [0.1, 0.15) is 11.0 Å². The topological polar surface area (TPSA) is 21.3 Å². The Morgan fingerprint density at radius 2 is 2.35 bits per heavy atom. The first-order chi connectivity index (χ1) is 8.24. The van der Waals surface area contributed by atoms with Crippen molar-refractivity contribution in [3.8, 4) is 5.75 Å². The molecule has 0 saturated heterocycles. The van der Waals surface area contributed by atoms with Crippen molar-refractivity contribution in [3.05, 3.63) is 44.0 Å². The third-order valence-electron chi connectivity index (χ3n) is 2.61. The number of para-hydroxylation sites is 1. The van der Waals surface area contributed by atoms with E-state index in [2.05, 4.69) is 32.7 Å². The van der Waals surface area contributed by atoms with Gasteiger partial charge in [0.25, 0.3) is 0 Å². The van der Waals surface area contributed by atoms with Crippen LogP contribution >= 0.6 is 38.9 Å². The highest BCUT2D eigenvalue weighted by Crippen LogP contribution is 2.40. The molecule has 0 amide bonds. The molecule has 1 aromatic heterocycles. The molecule has 5 heteroatoms. The molecular formula is C12H9BrClNOS. The Hall–Kier alpha value is -0.710. The maximum atomic E-state index is 6.13. The smallest absolute Gasteiger partial charge is 0.162 e. The summed E-state index contributed by atoms with van der Waals surface area (Å²) in [7, 11) is 0. The van der Waals surface area contributed by atoms with E-state index in [9.17, 15) is 0 Å². The highest BCUT2D eigenvalue weighted by atomic mass is 79.9. The zero-order valence-electron chi connectivity index (χ0n) is 8.74. The summed E-state index contributed by atoms with van der Waals surface area (Å²) in [4.78, 5) is 1.19. The molecular weight excluding hydrogens is 322 g/mol. The van der Waals surface area contributed by atoms with E-state index in [0.717, 1.165) is 22.5 Å². The minimum atomic E-state index is 0.0266. The number of fused-ring (bicyclic) bond motifs is 1. The van der Waals surface area contributed by atoms with E-state index in [1.807, 2.05) is 18.2 Å². The van der Waals surface area contributed by atoms with E-state index >= 15 is 0 Å². The molecule has 2 nitrogen and oxygen atoms in total. The molecule has 1 unspecified atom stereocenters. The average molecular weight is 331 g/mol. The molecule has 2 aromatic rings. The third-order valence-corrected chi connectivity index (χ3v) is 4.69. The van der Waals surface area contributed by atoms with E-state index in [4.69, 9.17) is 16.3 Å². The Morgan fingerprint density at radius 3 is 3.12 bits per heavy atom. The summed E-state index contributed by atoms with van der Waals surface area (Å²) in [6, 6.07) is 7.81. The van der Waals surface area contributed by atoms with Crippen LogP contribution in [0.4, 0.5) is 5.69 Å². The molecule has 1 aliphatic rings. The van der Waals surface area contributed by atoms with Crippen LogP contribution in [0.2, 0.25) is 5.02 Å². The fourth-order valence-electron chi connectivity index (χ4n) is 1.81. The van der Waals surface area contributed by atoms with Gasteiger partial charge in [-0.15, -0.1) is 11.3 Å². The highest BCUT2D eigenvalue weighted by Gasteiger charge is 2.23. The fourth-order valence-corrected chi connectivity index (χ4v) is 3.50. The Bertz CT molecular complexity index is 557. The standard InChI is InChI=1S/C12H9BrClNOS/c13-7-4-11(17-6-7)10-5-15-9-3-1-2-8(14)12(9)16-10/h1-4,6,10,15H,5H2. The first kappa shape index (κ1) is 11.4. The first-order valence-electron chi connectivity index (χ1n) is 5.17. The number of anilines is 1. The Kier molecular flexibility index (Phi) is 3.03. The minimum absolute atomic E-state index is 0.0266. The summed E-state index contributed by atoms with van der Waals surface area (Å²) in [6.45, 7) is 0.764. The van der Waals surface area contributed by atoms with E-state index in [-0.39, 0.29) is 6.10 Å². The normalized spacial score (nSPS) is 18.1. The predicted octanol–water partition coefficient (Wildman–Crippen LogP) is 4.71. The molecule has 88 valence electrons. The zero-order valence-corrected chi connectivity index (χ0v) is 11.9. The lowest BCUT2D eigenvalue weighted by molar-refractivity contribution is 0.214. The van der Waals surface area contributed by atoms with E-state index in [1.165, 1.54) is 4.88 Å².